The van der Waals surface area contributed by atoms with Gasteiger partial charge in [-0.05, 0) is 25.5 Å². The van der Waals surface area contributed by atoms with Gasteiger partial charge in [-0.1, -0.05) is 17.7 Å². The fraction of sp³-hybridized carbons (Fsp3) is 0.308. The van der Waals surface area contributed by atoms with Crippen LogP contribution in [-0.2, 0) is 0 Å². The van der Waals surface area contributed by atoms with Crippen LogP contribution in [0.15, 0.2) is 23.6 Å². The number of nitrogens with zero attached hydrogens (tertiary/aromatic N) is 1. The summed E-state index contributed by atoms with van der Waals surface area (Å²) in [6.45, 7) is 4.33. The van der Waals surface area contributed by atoms with Crippen LogP contribution in [0.1, 0.15) is 22.9 Å². The van der Waals surface area contributed by atoms with E-state index >= 15 is 0 Å². The van der Waals surface area contributed by atoms with Gasteiger partial charge >= 0.3 is 0 Å². The zero-order valence-electron chi connectivity index (χ0n) is 9.97. The number of rotatable bonds is 3. The molecule has 4 heteroatoms. The Balaban J connectivity index is 2.40. The third kappa shape index (κ3) is 2.54. The first kappa shape index (κ1) is 12.2. The van der Waals surface area contributed by atoms with Gasteiger partial charge in [0.05, 0.1) is 5.69 Å². The third-order valence-corrected chi connectivity index (χ3v) is 3.60. The van der Waals surface area contributed by atoms with Gasteiger partial charge < -0.3 is 10.8 Å². The lowest BCUT2D eigenvalue weighted by molar-refractivity contribution is 0.182. The van der Waals surface area contributed by atoms with Gasteiger partial charge in [-0.15, -0.1) is 11.3 Å². The highest BCUT2D eigenvalue weighted by Gasteiger charge is 2.12. The van der Waals surface area contributed by atoms with Crippen molar-refractivity contribution >= 4 is 11.3 Å². The van der Waals surface area contributed by atoms with Crippen LogP contribution in [0.5, 0.6) is 0 Å². The summed E-state index contributed by atoms with van der Waals surface area (Å²) in [4.78, 5) is 4.44. The summed E-state index contributed by atoms with van der Waals surface area (Å²) in [6, 6.07) is 6.29. The zero-order chi connectivity index (χ0) is 12.4. The summed E-state index contributed by atoms with van der Waals surface area (Å²) in [6.07, 6.45) is -0.662. The van der Waals surface area contributed by atoms with E-state index < -0.39 is 6.10 Å². The van der Waals surface area contributed by atoms with Gasteiger partial charge in [0.2, 0.25) is 0 Å². The highest BCUT2D eigenvalue weighted by atomic mass is 32.1. The molecule has 17 heavy (non-hydrogen) atoms. The summed E-state index contributed by atoms with van der Waals surface area (Å²) in [5.41, 5.74) is 9.61. The molecule has 3 N–H and O–H groups in total. The van der Waals surface area contributed by atoms with Crippen molar-refractivity contribution in [3.8, 4) is 10.6 Å². The average Bonchev–Trinajstić information content (AvgIpc) is 2.80. The molecule has 2 rings (SSSR count). The highest BCUT2D eigenvalue weighted by Crippen LogP contribution is 2.29. The number of nitrogens with two attached hydrogens (primary N) is 1. The standard InChI is InChI=1S/C13H16N2OS/c1-8-3-4-9(2)10(5-8)13-15-11(7-17-13)12(16)6-14/h3-5,7,12,16H,6,14H2,1-2H3. The molecule has 1 heterocycles. The first-order valence-corrected chi connectivity index (χ1v) is 6.41. The van der Waals surface area contributed by atoms with E-state index in [4.69, 9.17) is 5.73 Å². The van der Waals surface area contributed by atoms with Crippen molar-refractivity contribution in [2.45, 2.75) is 20.0 Å². The summed E-state index contributed by atoms with van der Waals surface area (Å²) >= 11 is 1.54. The van der Waals surface area contributed by atoms with Crippen LogP contribution in [0.25, 0.3) is 10.6 Å². The van der Waals surface area contributed by atoms with E-state index in [1.807, 2.05) is 5.38 Å². The van der Waals surface area contributed by atoms with Gasteiger partial charge in [0.25, 0.3) is 0 Å². The summed E-state index contributed by atoms with van der Waals surface area (Å²) in [7, 11) is 0. The van der Waals surface area contributed by atoms with E-state index in [0.29, 0.717) is 5.69 Å². The van der Waals surface area contributed by atoms with Crippen molar-refractivity contribution in [2.75, 3.05) is 6.54 Å². The smallest absolute Gasteiger partial charge is 0.123 e. The number of benzene rings is 1. The van der Waals surface area contributed by atoms with Crippen LogP contribution in [0.4, 0.5) is 0 Å². The molecule has 0 amide bonds. The topological polar surface area (TPSA) is 59.1 Å². The number of aliphatic hydroxyl groups is 1. The molecule has 2 aromatic rings. The Kier molecular flexibility index (Phi) is 3.57. The van der Waals surface area contributed by atoms with Crippen LogP contribution in [-0.4, -0.2) is 16.6 Å². The van der Waals surface area contributed by atoms with Crippen LogP contribution in [0.3, 0.4) is 0 Å². The maximum Gasteiger partial charge on any atom is 0.123 e. The molecule has 0 saturated carbocycles. The molecule has 1 atom stereocenters. The maximum atomic E-state index is 9.63. The minimum atomic E-state index is -0.662. The van der Waals surface area contributed by atoms with Gasteiger partial charge in [-0.3, -0.25) is 0 Å². The van der Waals surface area contributed by atoms with Crippen LogP contribution in [0.2, 0.25) is 0 Å². The number of thiazole rings is 1. The van der Waals surface area contributed by atoms with E-state index in [0.717, 1.165) is 10.6 Å². The lowest BCUT2D eigenvalue weighted by Crippen LogP contribution is -2.11. The van der Waals surface area contributed by atoms with E-state index in [9.17, 15) is 5.11 Å². The van der Waals surface area contributed by atoms with E-state index in [1.165, 1.54) is 11.1 Å². The predicted octanol–water partition coefficient (Wildman–Crippen LogP) is 2.42. The lowest BCUT2D eigenvalue weighted by Gasteiger charge is -2.04. The zero-order valence-corrected chi connectivity index (χ0v) is 10.8. The molecule has 0 bridgehead atoms. The lowest BCUT2D eigenvalue weighted by atomic mass is 10.1. The molecule has 0 spiro atoms. The van der Waals surface area contributed by atoms with Crippen LogP contribution >= 0.6 is 11.3 Å². The number of hydrogen-bond acceptors (Lipinski definition) is 4. The Bertz CT molecular complexity index is 522. The van der Waals surface area contributed by atoms with E-state index in [1.54, 1.807) is 11.3 Å². The molecule has 90 valence electrons. The second-order valence-corrected chi connectivity index (χ2v) is 5.01. The van der Waals surface area contributed by atoms with Gasteiger partial charge in [0, 0.05) is 17.5 Å². The van der Waals surface area contributed by atoms with E-state index in [-0.39, 0.29) is 6.54 Å². The first-order valence-electron chi connectivity index (χ1n) is 5.53. The molecule has 0 radical (unpaired) electrons. The third-order valence-electron chi connectivity index (χ3n) is 2.71. The Morgan fingerprint density at radius 1 is 1.41 bits per heavy atom. The van der Waals surface area contributed by atoms with Crippen molar-refractivity contribution < 1.29 is 5.11 Å². The molecule has 0 aliphatic heterocycles. The van der Waals surface area contributed by atoms with Crippen molar-refractivity contribution in [3.05, 3.63) is 40.4 Å². The predicted molar refractivity (Wildman–Crippen MR) is 71.0 cm³/mol. The second kappa shape index (κ2) is 4.96. The quantitative estimate of drug-likeness (QED) is 0.877. The molecule has 1 aromatic carbocycles. The first-order chi connectivity index (χ1) is 8.11. The second-order valence-electron chi connectivity index (χ2n) is 4.15. The molecule has 0 fully saturated rings. The largest absolute Gasteiger partial charge is 0.385 e. The van der Waals surface area contributed by atoms with Gasteiger partial charge in [-0.2, -0.15) is 0 Å². The fourth-order valence-electron chi connectivity index (χ4n) is 1.65. The average molecular weight is 248 g/mol. The van der Waals surface area contributed by atoms with Gasteiger partial charge in [0.15, 0.2) is 0 Å². The van der Waals surface area contributed by atoms with Crippen molar-refractivity contribution in [3.63, 3.8) is 0 Å². The minimum absolute atomic E-state index is 0.204. The molecule has 0 aliphatic rings. The molecular formula is C13H16N2OS. The van der Waals surface area contributed by atoms with Gasteiger partial charge in [-0.25, -0.2) is 4.98 Å². The minimum Gasteiger partial charge on any atom is -0.385 e. The molecular weight excluding hydrogens is 232 g/mol. The summed E-state index contributed by atoms with van der Waals surface area (Å²) < 4.78 is 0. The summed E-state index contributed by atoms with van der Waals surface area (Å²) in [5, 5.41) is 12.4. The highest BCUT2D eigenvalue weighted by molar-refractivity contribution is 7.13. The van der Waals surface area contributed by atoms with E-state index in [2.05, 4.69) is 37.0 Å². The van der Waals surface area contributed by atoms with Crippen molar-refractivity contribution in [2.24, 2.45) is 5.73 Å². The van der Waals surface area contributed by atoms with Gasteiger partial charge in [0.1, 0.15) is 11.1 Å². The maximum absolute atomic E-state index is 9.63. The molecule has 1 aromatic heterocycles. The molecule has 0 saturated heterocycles. The number of hydrogen-bond donors (Lipinski definition) is 2. The van der Waals surface area contributed by atoms with Crippen molar-refractivity contribution in [1.29, 1.82) is 0 Å². The Morgan fingerprint density at radius 2 is 2.18 bits per heavy atom. The van der Waals surface area contributed by atoms with Crippen LogP contribution in [0, 0.1) is 13.8 Å². The van der Waals surface area contributed by atoms with Crippen molar-refractivity contribution in [1.82, 2.24) is 4.98 Å². The summed E-state index contributed by atoms with van der Waals surface area (Å²) in [5.74, 6) is 0. The SMILES string of the molecule is Cc1ccc(C)c(-c2nc(C(O)CN)cs2)c1. The number of aryl methyl sites for hydroxylation is 2. The molecule has 1 unspecified atom stereocenters. The number of aromatic nitrogens is 1. The Hall–Kier alpha value is -1.23. The molecule has 0 aliphatic carbocycles. The Labute approximate surface area is 105 Å². The van der Waals surface area contributed by atoms with Crippen LogP contribution < -0.4 is 5.73 Å². The Morgan fingerprint density at radius 3 is 2.88 bits per heavy atom. The monoisotopic (exact) mass is 248 g/mol. The normalized spacial score (nSPS) is 12.7. The molecule has 3 nitrogen and oxygen atoms in total. The number of aliphatic hydroxyl groups excluding tert-OH is 1. The fourth-order valence-corrected chi connectivity index (χ4v) is 2.60.